The van der Waals surface area contributed by atoms with Crippen LogP contribution in [0.3, 0.4) is 0 Å². The van der Waals surface area contributed by atoms with E-state index in [1.807, 2.05) is 42.6 Å². The fourth-order valence-corrected chi connectivity index (χ4v) is 2.83. The van der Waals surface area contributed by atoms with E-state index >= 15 is 0 Å². The molecule has 2 aromatic rings. The largest absolute Gasteiger partial charge is 0.392 e. The topological polar surface area (TPSA) is 49.3 Å². The molecule has 0 saturated carbocycles. The first-order valence-electron chi connectivity index (χ1n) is 6.27. The average Bonchev–Trinajstić information content (AvgIpc) is 2.93. The van der Waals surface area contributed by atoms with E-state index in [0.717, 1.165) is 28.0 Å². The molecule has 0 atom stereocenters. The van der Waals surface area contributed by atoms with Gasteiger partial charge in [0.05, 0.1) is 11.5 Å². The second-order valence-corrected chi connectivity index (χ2v) is 5.21. The molecule has 0 unspecified atom stereocenters. The summed E-state index contributed by atoms with van der Waals surface area (Å²) in [5.41, 5.74) is 2.94. The van der Waals surface area contributed by atoms with Crippen molar-refractivity contribution in [3.8, 4) is 0 Å². The Morgan fingerprint density at radius 3 is 2.84 bits per heavy atom. The number of thiophene rings is 1. The third-order valence-electron chi connectivity index (χ3n) is 2.96. The first-order chi connectivity index (χ1) is 9.24. The molecule has 0 saturated heterocycles. The Morgan fingerprint density at radius 2 is 2.11 bits per heavy atom. The summed E-state index contributed by atoms with van der Waals surface area (Å²) in [4.78, 5) is 12.9. The SMILES string of the molecule is CCc1ccsc1C(=O)NCc1cccc(CO)c1. The minimum atomic E-state index is -0.0266. The van der Waals surface area contributed by atoms with Crippen molar-refractivity contribution >= 4 is 17.2 Å². The minimum absolute atomic E-state index is 0.0205. The third kappa shape index (κ3) is 3.43. The van der Waals surface area contributed by atoms with Crippen molar-refractivity contribution in [1.29, 1.82) is 0 Å². The van der Waals surface area contributed by atoms with Crippen molar-refractivity contribution in [3.05, 3.63) is 57.3 Å². The highest BCUT2D eigenvalue weighted by Crippen LogP contribution is 2.17. The lowest BCUT2D eigenvalue weighted by Crippen LogP contribution is -2.22. The molecule has 1 amide bonds. The number of benzene rings is 1. The summed E-state index contributed by atoms with van der Waals surface area (Å²) in [5, 5.41) is 13.9. The van der Waals surface area contributed by atoms with Gasteiger partial charge in [0.2, 0.25) is 0 Å². The van der Waals surface area contributed by atoms with E-state index in [4.69, 9.17) is 5.11 Å². The highest BCUT2D eigenvalue weighted by atomic mass is 32.1. The van der Waals surface area contributed by atoms with Gasteiger partial charge in [-0.25, -0.2) is 0 Å². The maximum Gasteiger partial charge on any atom is 0.261 e. The van der Waals surface area contributed by atoms with Crippen molar-refractivity contribution in [2.45, 2.75) is 26.5 Å². The normalized spacial score (nSPS) is 10.4. The fraction of sp³-hybridized carbons (Fsp3) is 0.267. The Bertz CT molecular complexity index is 563. The molecule has 4 heteroatoms. The van der Waals surface area contributed by atoms with E-state index in [1.165, 1.54) is 11.3 Å². The molecule has 100 valence electrons. The summed E-state index contributed by atoms with van der Waals surface area (Å²) < 4.78 is 0. The van der Waals surface area contributed by atoms with Gasteiger partial charge in [-0.3, -0.25) is 4.79 Å². The molecule has 1 aromatic carbocycles. The molecular formula is C15H17NO2S. The Morgan fingerprint density at radius 1 is 1.32 bits per heavy atom. The second kappa shape index (κ2) is 6.50. The van der Waals surface area contributed by atoms with Crippen LogP contribution < -0.4 is 5.32 Å². The number of amides is 1. The van der Waals surface area contributed by atoms with Crippen molar-refractivity contribution in [3.63, 3.8) is 0 Å². The molecule has 0 radical (unpaired) electrons. The number of aliphatic hydroxyl groups is 1. The van der Waals surface area contributed by atoms with Crippen molar-refractivity contribution in [1.82, 2.24) is 5.32 Å². The number of hydrogen-bond donors (Lipinski definition) is 2. The number of hydrogen-bond acceptors (Lipinski definition) is 3. The van der Waals surface area contributed by atoms with Gasteiger partial charge < -0.3 is 10.4 Å². The molecule has 0 bridgehead atoms. The number of carbonyl (C=O) groups is 1. The van der Waals surface area contributed by atoms with Crippen LogP contribution in [0.2, 0.25) is 0 Å². The quantitative estimate of drug-likeness (QED) is 0.881. The van der Waals surface area contributed by atoms with Gasteiger partial charge in [0, 0.05) is 6.54 Å². The van der Waals surface area contributed by atoms with E-state index in [9.17, 15) is 4.79 Å². The van der Waals surface area contributed by atoms with Gasteiger partial charge in [-0.05, 0) is 34.6 Å². The molecule has 19 heavy (non-hydrogen) atoms. The monoisotopic (exact) mass is 275 g/mol. The molecule has 1 heterocycles. The molecule has 1 aromatic heterocycles. The molecule has 2 rings (SSSR count). The maximum atomic E-state index is 12.1. The minimum Gasteiger partial charge on any atom is -0.392 e. The Labute approximate surface area is 116 Å². The zero-order valence-corrected chi connectivity index (χ0v) is 11.7. The Kier molecular flexibility index (Phi) is 4.71. The van der Waals surface area contributed by atoms with E-state index in [-0.39, 0.29) is 12.5 Å². The van der Waals surface area contributed by atoms with Crippen molar-refractivity contribution in [2.24, 2.45) is 0 Å². The molecule has 0 aliphatic heterocycles. The van der Waals surface area contributed by atoms with Gasteiger partial charge in [-0.15, -0.1) is 11.3 Å². The molecule has 3 nitrogen and oxygen atoms in total. The van der Waals surface area contributed by atoms with Crippen LogP contribution in [0, 0.1) is 0 Å². The van der Waals surface area contributed by atoms with Gasteiger partial charge >= 0.3 is 0 Å². The van der Waals surface area contributed by atoms with Crippen molar-refractivity contribution < 1.29 is 9.90 Å². The summed E-state index contributed by atoms with van der Waals surface area (Å²) in [6, 6.07) is 9.57. The average molecular weight is 275 g/mol. The van der Waals surface area contributed by atoms with Crippen LogP contribution in [0.5, 0.6) is 0 Å². The number of aryl methyl sites for hydroxylation is 1. The summed E-state index contributed by atoms with van der Waals surface area (Å²) in [7, 11) is 0. The Balaban J connectivity index is 2.00. The van der Waals surface area contributed by atoms with Gasteiger partial charge in [0.1, 0.15) is 0 Å². The standard InChI is InChI=1S/C15H17NO2S/c1-2-13-6-7-19-14(13)15(18)16-9-11-4-3-5-12(8-11)10-17/h3-8,17H,2,9-10H2,1H3,(H,16,18). The van der Waals surface area contributed by atoms with Crippen LogP contribution in [0.15, 0.2) is 35.7 Å². The van der Waals surface area contributed by atoms with Crippen LogP contribution >= 0.6 is 11.3 Å². The maximum absolute atomic E-state index is 12.1. The summed E-state index contributed by atoms with van der Waals surface area (Å²) in [5.74, 6) is -0.0266. The molecular weight excluding hydrogens is 258 g/mol. The van der Waals surface area contributed by atoms with E-state index in [1.54, 1.807) is 0 Å². The number of rotatable bonds is 5. The van der Waals surface area contributed by atoms with Gasteiger partial charge in [0.15, 0.2) is 0 Å². The predicted octanol–water partition coefficient (Wildman–Crippen LogP) is 2.73. The summed E-state index contributed by atoms with van der Waals surface area (Å²) in [6.07, 6.45) is 0.867. The number of aliphatic hydroxyl groups excluding tert-OH is 1. The van der Waals surface area contributed by atoms with Crippen molar-refractivity contribution in [2.75, 3.05) is 0 Å². The first kappa shape index (κ1) is 13.8. The van der Waals surface area contributed by atoms with Crippen LogP contribution in [0.25, 0.3) is 0 Å². The number of nitrogens with one attached hydrogen (secondary N) is 1. The van der Waals surface area contributed by atoms with Gasteiger partial charge in [-0.1, -0.05) is 31.2 Å². The van der Waals surface area contributed by atoms with E-state index in [2.05, 4.69) is 5.32 Å². The molecule has 0 fully saturated rings. The lowest BCUT2D eigenvalue weighted by atomic mass is 10.1. The molecule has 0 spiro atoms. The predicted molar refractivity (Wildman–Crippen MR) is 77.2 cm³/mol. The highest BCUT2D eigenvalue weighted by molar-refractivity contribution is 7.12. The summed E-state index contributed by atoms with van der Waals surface area (Å²) in [6.45, 7) is 2.55. The smallest absolute Gasteiger partial charge is 0.261 e. The third-order valence-corrected chi connectivity index (χ3v) is 3.92. The van der Waals surface area contributed by atoms with Gasteiger partial charge in [-0.2, -0.15) is 0 Å². The number of carbonyl (C=O) groups excluding carboxylic acids is 1. The first-order valence-corrected chi connectivity index (χ1v) is 7.15. The molecule has 0 aliphatic rings. The van der Waals surface area contributed by atoms with Crippen LogP contribution in [0.1, 0.15) is 33.3 Å². The highest BCUT2D eigenvalue weighted by Gasteiger charge is 2.11. The lowest BCUT2D eigenvalue weighted by molar-refractivity contribution is 0.0954. The zero-order chi connectivity index (χ0) is 13.7. The zero-order valence-electron chi connectivity index (χ0n) is 10.8. The Hall–Kier alpha value is -1.65. The van der Waals surface area contributed by atoms with Crippen LogP contribution in [-0.4, -0.2) is 11.0 Å². The van der Waals surface area contributed by atoms with Crippen LogP contribution in [-0.2, 0) is 19.6 Å². The molecule has 2 N–H and O–H groups in total. The van der Waals surface area contributed by atoms with E-state index in [0.29, 0.717) is 6.54 Å². The summed E-state index contributed by atoms with van der Waals surface area (Å²) >= 11 is 1.47. The van der Waals surface area contributed by atoms with Gasteiger partial charge in [0.25, 0.3) is 5.91 Å². The molecule has 0 aliphatic carbocycles. The second-order valence-electron chi connectivity index (χ2n) is 4.29. The lowest BCUT2D eigenvalue weighted by Gasteiger charge is -2.06. The van der Waals surface area contributed by atoms with Crippen LogP contribution in [0.4, 0.5) is 0 Å². The fourth-order valence-electron chi connectivity index (χ4n) is 1.91. The van der Waals surface area contributed by atoms with E-state index < -0.39 is 0 Å².